The summed E-state index contributed by atoms with van der Waals surface area (Å²) in [5.74, 6) is -0.839. The second-order valence-electron chi connectivity index (χ2n) is 7.26. The van der Waals surface area contributed by atoms with Crippen LogP contribution in [-0.4, -0.2) is 51.1 Å². The highest BCUT2D eigenvalue weighted by Gasteiger charge is 2.38. The third-order valence-electron chi connectivity index (χ3n) is 5.27. The van der Waals surface area contributed by atoms with Gasteiger partial charge in [-0.1, -0.05) is 11.3 Å². The van der Waals surface area contributed by atoms with Crippen LogP contribution in [-0.2, 0) is 10.9 Å². The Balaban J connectivity index is 1.50. The molecule has 4 aromatic rings. The highest BCUT2D eigenvalue weighted by molar-refractivity contribution is 7.22. The number of thiazole rings is 1. The van der Waals surface area contributed by atoms with E-state index in [9.17, 15) is 13.2 Å². The summed E-state index contributed by atoms with van der Waals surface area (Å²) in [4.78, 5) is 6.88. The summed E-state index contributed by atoms with van der Waals surface area (Å²) in [5.41, 5.74) is 2.94. The Morgan fingerprint density at radius 1 is 1.10 bits per heavy atom. The molecule has 0 atom stereocenters. The van der Waals surface area contributed by atoms with E-state index >= 15 is 0 Å². The molecule has 162 valence electrons. The smallest absolute Gasteiger partial charge is 0.378 e. The average Bonchev–Trinajstić information content (AvgIpc) is 3.36. The highest BCUT2D eigenvalue weighted by Crippen LogP contribution is 2.33. The number of aromatic nitrogens is 5. The number of aryl methyl sites for hydroxylation is 1. The van der Waals surface area contributed by atoms with Gasteiger partial charge in [-0.15, -0.1) is 15.3 Å². The first-order valence-electron chi connectivity index (χ1n) is 9.61. The molecule has 5 rings (SSSR count). The summed E-state index contributed by atoms with van der Waals surface area (Å²) >= 11 is 1.57. The van der Waals surface area contributed by atoms with Crippen LogP contribution in [0.1, 0.15) is 17.0 Å². The molecule has 4 heterocycles. The minimum Gasteiger partial charge on any atom is -0.378 e. The molecule has 0 spiro atoms. The van der Waals surface area contributed by atoms with Crippen molar-refractivity contribution < 1.29 is 17.9 Å². The molecule has 1 saturated heterocycles. The molecular formula is C19H18F3N7OS. The Labute approximate surface area is 178 Å². The first-order valence-corrected chi connectivity index (χ1v) is 10.4. The van der Waals surface area contributed by atoms with E-state index in [4.69, 9.17) is 4.74 Å². The predicted octanol–water partition coefficient (Wildman–Crippen LogP) is 3.95. The molecule has 1 fully saturated rings. The van der Waals surface area contributed by atoms with Gasteiger partial charge >= 0.3 is 6.18 Å². The van der Waals surface area contributed by atoms with E-state index in [0.29, 0.717) is 35.8 Å². The van der Waals surface area contributed by atoms with Crippen molar-refractivity contribution in [3.8, 4) is 0 Å². The van der Waals surface area contributed by atoms with Gasteiger partial charge in [0.1, 0.15) is 0 Å². The number of alkyl halides is 3. The van der Waals surface area contributed by atoms with Crippen LogP contribution in [0.25, 0.3) is 15.9 Å². The van der Waals surface area contributed by atoms with Crippen LogP contribution in [0.5, 0.6) is 0 Å². The molecule has 3 aromatic heterocycles. The summed E-state index contributed by atoms with van der Waals surface area (Å²) in [7, 11) is 0. The van der Waals surface area contributed by atoms with Crippen molar-refractivity contribution in [2.24, 2.45) is 0 Å². The van der Waals surface area contributed by atoms with Crippen molar-refractivity contribution in [2.45, 2.75) is 20.0 Å². The zero-order valence-electron chi connectivity index (χ0n) is 16.7. The van der Waals surface area contributed by atoms with Crippen LogP contribution in [0.3, 0.4) is 0 Å². The minimum atomic E-state index is -4.65. The molecule has 0 unspecified atom stereocenters. The minimum absolute atomic E-state index is 0.0865. The van der Waals surface area contributed by atoms with E-state index in [1.54, 1.807) is 25.2 Å². The van der Waals surface area contributed by atoms with E-state index < -0.39 is 12.0 Å². The number of nitrogens with zero attached hydrogens (tertiary/aromatic N) is 6. The van der Waals surface area contributed by atoms with E-state index in [1.807, 2.05) is 18.2 Å². The van der Waals surface area contributed by atoms with E-state index in [0.717, 1.165) is 33.0 Å². The number of anilines is 3. The Bertz CT molecular complexity index is 1280. The van der Waals surface area contributed by atoms with E-state index in [2.05, 4.69) is 30.5 Å². The van der Waals surface area contributed by atoms with Crippen LogP contribution in [0.4, 0.5) is 29.8 Å². The van der Waals surface area contributed by atoms with Crippen molar-refractivity contribution in [2.75, 3.05) is 36.5 Å². The fourth-order valence-electron chi connectivity index (χ4n) is 3.44. The first kappa shape index (κ1) is 19.9. The summed E-state index contributed by atoms with van der Waals surface area (Å²) in [6.07, 6.45) is -4.65. The molecule has 8 nitrogen and oxygen atoms in total. The van der Waals surface area contributed by atoms with Gasteiger partial charge in [-0.3, -0.25) is 0 Å². The van der Waals surface area contributed by atoms with Crippen LogP contribution in [0.2, 0.25) is 0 Å². The number of nitrogens with one attached hydrogen (secondary N) is 1. The SMILES string of the molecule is Cc1c(Nc2ccc3nc(N4CCOCC4)sc3c2)nn2c(C(F)(F)F)nnc2c1C. The van der Waals surface area contributed by atoms with Crippen molar-refractivity contribution >= 4 is 43.8 Å². The number of hydrogen-bond acceptors (Lipinski definition) is 8. The lowest BCUT2D eigenvalue weighted by atomic mass is 10.2. The zero-order valence-corrected chi connectivity index (χ0v) is 17.5. The molecule has 1 aliphatic rings. The lowest BCUT2D eigenvalue weighted by molar-refractivity contribution is -0.146. The molecule has 0 radical (unpaired) electrons. The monoisotopic (exact) mass is 449 g/mol. The van der Waals surface area contributed by atoms with Gasteiger partial charge in [0.2, 0.25) is 0 Å². The molecular weight excluding hydrogens is 431 g/mol. The molecule has 1 aliphatic heterocycles. The van der Waals surface area contributed by atoms with Gasteiger partial charge in [-0.05, 0) is 32.0 Å². The van der Waals surface area contributed by atoms with Crippen LogP contribution >= 0.6 is 11.3 Å². The number of morpholine rings is 1. The number of rotatable bonds is 3. The average molecular weight is 449 g/mol. The molecule has 1 aromatic carbocycles. The van der Waals surface area contributed by atoms with Gasteiger partial charge in [0, 0.05) is 29.9 Å². The summed E-state index contributed by atoms with van der Waals surface area (Å²) < 4.78 is 46.9. The molecule has 12 heteroatoms. The van der Waals surface area contributed by atoms with Gasteiger partial charge in [0.15, 0.2) is 16.6 Å². The number of ether oxygens (including phenoxy) is 1. The molecule has 31 heavy (non-hydrogen) atoms. The second kappa shape index (κ2) is 7.31. The maximum Gasteiger partial charge on any atom is 0.453 e. The van der Waals surface area contributed by atoms with Gasteiger partial charge < -0.3 is 15.0 Å². The lowest BCUT2D eigenvalue weighted by Crippen LogP contribution is -2.36. The quantitative estimate of drug-likeness (QED) is 0.507. The third kappa shape index (κ3) is 3.55. The van der Waals surface area contributed by atoms with Gasteiger partial charge in [-0.2, -0.15) is 17.7 Å². The molecule has 0 saturated carbocycles. The lowest BCUT2D eigenvalue weighted by Gasteiger charge is -2.25. The largest absolute Gasteiger partial charge is 0.453 e. The summed E-state index contributed by atoms with van der Waals surface area (Å²) in [6.45, 7) is 6.44. The van der Waals surface area contributed by atoms with Crippen LogP contribution < -0.4 is 10.2 Å². The topological polar surface area (TPSA) is 80.5 Å². The van der Waals surface area contributed by atoms with Crippen molar-refractivity contribution in [3.05, 3.63) is 35.2 Å². The van der Waals surface area contributed by atoms with Crippen LogP contribution in [0.15, 0.2) is 18.2 Å². The normalized spacial score (nSPS) is 15.2. The maximum atomic E-state index is 13.3. The molecule has 0 aliphatic carbocycles. The predicted molar refractivity (Wildman–Crippen MR) is 111 cm³/mol. The Hall–Kier alpha value is -2.99. The first-order chi connectivity index (χ1) is 14.8. The fraction of sp³-hybridized carbons (Fsp3) is 0.368. The van der Waals surface area contributed by atoms with Crippen molar-refractivity contribution in [3.63, 3.8) is 0 Å². The van der Waals surface area contributed by atoms with Gasteiger partial charge in [0.05, 0.1) is 23.4 Å². The Kier molecular flexibility index (Phi) is 4.70. The van der Waals surface area contributed by atoms with Crippen LogP contribution in [0, 0.1) is 13.8 Å². The fourth-order valence-corrected chi connectivity index (χ4v) is 4.50. The second-order valence-corrected chi connectivity index (χ2v) is 8.27. The Morgan fingerprint density at radius 2 is 1.87 bits per heavy atom. The zero-order chi connectivity index (χ0) is 21.8. The summed E-state index contributed by atoms with van der Waals surface area (Å²) in [5, 5.41) is 15.2. The maximum absolute atomic E-state index is 13.3. The number of benzene rings is 1. The van der Waals surface area contributed by atoms with Crippen molar-refractivity contribution in [1.29, 1.82) is 0 Å². The van der Waals surface area contributed by atoms with E-state index in [1.165, 1.54) is 0 Å². The number of fused-ring (bicyclic) bond motifs is 2. The molecule has 0 amide bonds. The highest BCUT2D eigenvalue weighted by atomic mass is 32.1. The molecule has 0 bridgehead atoms. The third-order valence-corrected chi connectivity index (χ3v) is 6.35. The van der Waals surface area contributed by atoms with Crippen molar-refractivity contribution in [1.82, 2.24) is 24.8 Å². The van der Waals surface area contributed by atoms with E-state index in [-0.39, 0.29) is 5.65 Å². The molecule has 1 N–H and O–H groups in total. The standard InChI is InChI=1S/C19H18F3N7OS/c1-10-11(2)16-25-26-17(19(20,21)22)29(16)27-15(10)23-12-3-4-13-14(9-12)31-18(24-13)28-5-7-30-8-6-28/h3-4,9H,5-8H2,1-2H3,(H,23,27). The number of halogens is 3. The van der Waals surface area contributed by atoms with Gasteiger partial charge in [-0.25, -0.2) is 4.98 Å². The number of hydrogen-bond donors (Lipinski definition) is 1. The summed E-state index contributed by atoms with van der Waals surface area (Å²) in [6, 6.07) is 5.65. The Morgan fingerprint density at radius 3 is 2.61 bits per heavy atom. The van der Waals surface area contributed by atoms with Gasteiger partial charge in [0.25, 0.3) is 5.82 Å².